The predicted molar refractivity (Wildman–Crippen MR) is 105 cm³/mol. The summed E-state index contributed by atoms with van der Waals surface area (Å²) in [5.74, 6) is 0.688. The summed E-state index contributed by atoms with van der Waals surface area (Å²) in [5, 5.41) is 6.19. The van der Waals surface area contributed by atoms with Crippen LogP contribution >= 0.6 is 12.4 Å². The Morgan fingerprint density at radius 3 is 2.93 bits per heavy atom. The van der Waals surface area contributed by atoms with Crippen molar-refractivity contribution >= 4 is 35.6 Å². The van der Waals surface area contributed by atoms with E-state index in [-0.39, 0.29) is 43.4 Å². The molecule has 0 bridgehead atoms. The number of rotatable bonds is 3. The van der Waals surface area contributed by atoms with E-state index in [1.165, 1.54) is 0 Å². The number of piperazine rings is 1. The molecule has 1 aromatic heterocycles. The number of benzene rings is 1. The Morgan fingerprint density at radius 2 is 2.15 bits per heavy atom. The molecule has 0 saturated carbocycles. The fourth-order valence-electron chi connectivity index (χ4n) is 3.60. The molecule has 2 amide bonds. The number of halogens is 1. The quantitative estimate of drug-likeness (QED) is 0.809. The minimum atomic E-state index is -0.169. The van der Waals surface area contributed by atoms with Crippen LogP contribution in [0, 0.1) is 0 Å². The summed E-state index contributed by atoms with van der Waals surface area (Å²) in [4.78, 5) is 33.2. The van der Waals surface area contributed by atoms with Crippen LogP contribution in [0.1, 0.15) is 11.9 Å². The second kappa shape index (κ2) is 8.08. The maximum atomic E-state index is 13.0. The topological polar surface area (TPSA) is 82.5 Å². The minimum Gasteiger partial charge on any atom is -0.337 e. The van der Waals surface area contributed by atoms with Gasteiger partial charge >= 0.3 is 0 Å². The number of hydrogen-bond donors (Lipinski definition) is 2. The summed E-state index contributed by atoms with van der Waals surface area (Å²) in [5.41, 5.74) is 1.43. The smallest absolute Gasteiger partial charge is 0.244 e. The van der Waals surface area contributed by atoms with Gasteiger partial charge in [0.15, 0.2) is 0 Å². The van der Waals surface area contributed by atoms with Crippen LogP contribution in [0.2, 0.25) is 0 Å². The van der Waals surface area contributed by atoms with Crippen molar-refractivity contribution in [1.29, 1.82) is 0 Å². The molecule has 0 spiro atoms. The van der Waals surface area contributed by atoms with Crippen LogP contribution in [0.15, 0.2) is 36.7 Å². The highest BCUT2D eigenvalue weighted by Crippen LogP contribution is 2.29. The number of hydrogen-bond acceptors (Lipinski definition) is 5. The number of nitrogens with zero attached hydrogens (tertiary/aromatic N) is 4. The zero-order valence-corrected chi connectivity index (χ0v) is 15.9. The van der Waals surface area contributed by atoms with Crippen molar-refractivity contribution in [2.45, 2.75) is 6.04 Å². The molecule has 8 nitrogen and oxygen atoms in total. The minimum absolute atomic E-state index is 0. The summed E-state index contributed by atoms with van der Waals surface area (Å²) < 4.78 is 1.98. The van der Waals surface area contributed by atoms with Crippen molar-refractivity contribution in [3.63, 3.8) is 0 Å². The predicted octanol–water partition coefficient (Wildman–Crippen LogP) is 0.773. The summed E-state index contributed by atoms with van der Waals surface area (Å²) in [6.07, 6.45) is 3.68. The van der Waals surface area contributed by atoms with E-state index in [0.29, 0.717) is 5.69 Å². The lowest BCUT2D eigenvalue weighted by Crippen LogP contribution is -2.52. The molecule has 2 aliphatic rings. The van der Waals surface area contributed by atoms with Gasteiger partial charge in [-0.2, -0.15) is 0 Å². The molecular weight excluding hydrogens is 368 g/mol. The molecule has 0 aliphatic carbocycles. The first-order valence-electron chi connectivity index (χ1n) is 8.74. The number of carbonyl (C=O) groups is 2. The molecule has 1 atom stereocenters. The highest BCUT2D eigenvalue weighted by Gasteiger charge is 2.32. The van der Waals surface area contributed by atoms with Gasteiger partial charge in [-0.15, -0.1) is 12.4 Å². The van der Waals surface area contributed by atoms with Gasteiger partial charge in [0.25, 0.3) is 0 Å². The standard InChI is InChI=1S/C18H22N6O2.ClH/c1-22-8-7-20-18(22)15-10-19-6-9-23(15)12-17(26)24-11-16(25)21-13-4-2-3-5-14(13)24;/h2-5,7-8,15,19H,6,9-12H2,1H3,(H,21,25);1H. The van der Waals surface area contributed by atoms with Crippen molar-refractivity contribution in [1.82, 2.24) is 19.8 Å². The maximum Gasteiger partial charge on any atom is 0.244 e. The summed E-state index contributed by atoms with van der Waals surface area (Å²) >= 11 is 0. The van der Waals surface area contributed by atoms with E-state index in [9.17, 15) is 9.59 Å². The van der Waals surface area contributed by atoms with Crippen molar-refractivity contribution in [2.24, 2.45) is 7.05 Å². The molecule has 2 aliphatic heterocycles. The number of nitrogens with one attached hydrogen (secondary N) is 2. The normalized spacial score (nSPS) is 19.8. The van der Waals surface area contributed by atoms with Gasteiger partial charge in [-0.25, -0.2) is 4.98 Å². The van der Waals surface area contributed by atoms with Crippen LogP contribution in [0.3, 0.4) is 0 Å². The number of amides is 2. The van der Waals surface area contributed by atoms with Crippen LogP contribution in [-0.4, -0.2) is 59.0 Å². The van der Waals surface area contributed by atoms with Gasteiger partial charge in [0, 0.05) is 39.1 Å². The highest BCUT2D eigenvalue weighted by molar-refractivity contribution is 6.10. The van der Waals surface area contributed by atoms with E-state index in [2.05, 4.69) is 20.5 Å². The molecule has 27 heavy (non-hydrogen) atoms. The maximum absolute atomic E-state index is 13.0. The van der Waals surface area contributed by atoms with E-state index >= 15 is 0 Å². The largest absolute Gasteiger partial charge is 0.337 e. The zero-order chi connectivity index (χ0) is 18.1. The van der Waals surface area contributed by atoms with Crippen LogP contribution in [0.4, 0.5) is 11.4 Å². The number of anilines is 2. The second-order valence-corrected chi connectivity index (χ2v) is 6.63. The van der Waals surface area contributed by atoms with Gasteiger partial charge in [0.05, 0.1) is 24.0 Å². The Labute approximate surface area is 163 Å². The summed E-state index contributed by atoms with van der Waals surface area (Å²) in [7, 11) is 1.96. The van der Waals surface area contributed by atoms with Crippen LogP contribution < -0.4 is 15.5 Å². The van der Waals surface area contributed by atoms with Gasteiger partial charge in [-0.05, 0) is 12.1 Å². The van der Waals surface area contributed by atoms with Gasteiger partial charge in [0.1, 0.15) is 12.4 Å². The van der Waals surface area contributed by atoms with Crippen molar-refractivity contribution in [2.75, 3.05) is 42.9 Å². The van der Waals surface area contributed by atoms with Crippen LogP contribution in [0.5, 0.6) is 0 Å². The van der Waals surface area contributed by atoms with Crippen LogP contribution in [-0.2, 0) is 16.6 Å². The lowest BCUT2D eigenvalue weighted by Gasteiger charge is -2.37. The Hall–Kier alpha value is -2.42. The van der Waals surface area contributed by atoms with E-state index in [0.717, 1.165) is 31.1 Å². The van der Waals surface area contributed by atoms with Gasteiger partial charge < -0.3 is 15.2 Å². The van der Waals surface area contributed by atoms with E-state index in [1.54, 1.807) is 11.1 Å². The van der Waals surface area contributed by atoms with Crippen molar-refractivity contribution < 1.29 is 9.59 Å². The average Bonchev–Trinajstić information content (AvgIpc) is 3.07. The number of aryl methyl sites for hydroxylation is 1. The molecule has 2 aromatic rings. The fourth-order valence-corrected chi connectivity index (χ4v) is 3.60. The molecule has 1 fully saturated rings. The first kappa shape index (κ1) is 19.3. The first-order valence-corrected chi connectivity index (χ1v) is 8.74. The molecule has 1 saturated heterocycles. The van der Waals surface area contributed by atoms with Gasteiger partial charge in [-0.1, -0.05) is 12.1 Å². The van der Waals surface area contributed by atoms with Gasteiger partial charge in [-0.3, -0.25) is 19.4 Å². The first-order chi connectivity index (χ1) is 12.6. The summed E-state index contributed by atoms with van der Waals surface area (Å²) in [6.45, 7) is 2.63. The van der Waals surface area contributed by atoms with Crippen molar-refractivity contribution in [3.05, 3.63) is 42.5 Å². The highest BCUT2D eigenvalue weighted by atomic mass is 35.5. The monoisotopic (exact) mass is 390 g/mol. The van der Waals surface area contributed by atoms with Gasteiger partial charge in [0.2, 0.25) is 11.8 Å². The summed E-state index contributed by atoms with van der Waals surface area (Å²) in [6, 6.07) is 7.43. The Bertz CT molecular complexity index is 839. The number of carbonyl (C=O) groups excluding carboxylic acids is 2. The Balaban J connectivity index is 0.00000210. The average molecular weight is 391 g/mol. The van der Waals surface area contributed by atoms with Crippen molar-refractivity contribution in [3.8, 4) is 0 Å². The molecule has 144 valence electrons. The molecule has 1 aromatic carbocycles. The van der Waals surface area contributed by atoms with E-state index < -0.39 is 0 Å². The number of fused-ring (bicyclic) bond motifs is 1. The van der Waals surface area contributed by atoms with E-state index in [1.807, 2.05) is 42.1 Å². The third-order valence-electron chi connectivity index (χ3n) is 4.92. The number of para-hydroxylation sites is 2. The molecular formula is C18H23ClN6O2. The molecule has 9 heteroatoms. The molecule has 3 heterocycles. The van der Waals surface area contributed by atoms with E-state index in [4.69, 9.17) is 0 Å². The Morgan fingerprint density at radius 1 is 1.33 bits per heavy atom. The van der Waals surface area contributed by atoms with Crippen LogP contribution in [0.25, 0.3) is 0 Å². The third kappa shape index (κ3) is 3.83. The molecule has 0 radical (unpaired) electrons. The second-order valence-electron chi connectivity index (χ2n) is 6.63. The third-order valence-corrected chi connectivity index (χ3v) is 4.92. The lowest BCUT2D eigenvalue weighted by atomic mass is 10.1. The number of aromatic nitrogens is 2. The number of imidazole rings is 1. The lowest BCUT2D eigenvalue weighted by molar-refractivity contribution is -0.123. The SMILES string of the molecule is Cl.Cn1ccnc1C1CNCCN1CC(=O)N1CC(=O)Nc2ccccc21. The fraction of sp³-hybridized carbons (Fsp3) is 0.389. The zero-order valence-electron chi connectivity index (χ0n) is 15.1. The molecule has 1 unspecified atom stereocenters. The molecule has 2 N–H and O–H groups in total. The Kier molecular flexibility index (Phi) is 5.79. The molecule has 4 rings (SSSR count).